The third-order valence-electron chi connectivity index (χ3n) is 2.07. The first kappa shape index (κ1) is 4.34. The van der Waals surface area contributed by atoms with Gasteiger partial charge in [0.05, 0.1) is 24.2 Å². The predicted molar refractivity (Wildman–Crippen MR) is 27.0 cm³/mol. The Kier molecular flexibility index (Phi) is 0.575. The second kappa shape index (κ2) is 1.06. The Morgan fingerprint density at radius 1 is 1.62 bits per heavy atom. The first-order valence-electron chi connectivity index (χ1n) is 2.88. The van der Waals surface area contributed by atoms with Gasteiger partial charge in [0.1, 0.15) is 0 Å². The van der Waals surface area contributed by atoms with Gasteiger partial charge in [-0.1, -0.05) is 0 Å². The van der Waals surface area contributed by atoms with Crippen LogP contribution in [0.15, 0.2) is 0 Å². The average Bonchev–Trinajstić information content (AvgIpc) is 2.17. The molecule has 2 nitrogen and oxygen atoms in total. The summed E-state index contributed by atoms with van der Waals surface area (Å²) in [6.07, 6.45) is 2.42. The molecule has 3 rings (SSSR count). The van der Waals surface area contributed by atoms with E-state index in [4.69, 9.17) is 10.00 Å². The lowest BCUT2D eigenvalue weighted by Crippen LogP contribution is -2.30. The number of nitriles is 1. The Balaban J connectivity index is 2.23. The van der Waals surface area contributed by atoms with Crippen molar-refractivity contribution in [2.45, 2.75) is 18.9 Å². The fourth-order valence-electron chi connectivity index (χ4n) is 1.45. The van der Waals surface area contributed by atoms with Crippen LogP contribution in [0.1, 0.15) is 12.8 Å². The van der Waals surface area contributed by atoms with E-state index < -0.39 is 0 Å². The molecule has 0 unspecified atom stereocenters. The fraction of sp³-hybridized carbons (Fsp3) is 0.833. The van der Waals surface area contributed by atoms with Gasteiger partial charge in [-0.15, -0.1) is 0 Å². The molecule has 0 atom stereocenters. The normalized spacial score (nSPS) is 50.1. The van der Waals surface area contributed by atoms with Crippen molar-refractivity contribution in [3.8, 4) is 6.07 Å². The second-order valence-corrected chi connectivity index (χ2v) is 2.73. The maximum Gasteiger partial charge on any atom is 0.0856 e. The van der Waals surface area contributed by atoms with Crippen molar-refractivity contribution in [3.63, 3.8) is 0 Å². The zero-order chi connectivity index (χ0) is 5.61. The van der Waals surface area contributed by atoms with Crippen molar-refractivity contribution < 1.29 is 4.74 Å². The van der Waals surface area contributed by atoms with Crippen LogP contribution < -0.4 is 0 Å². The minimum absolute atomic E-state index is 0.0370. The van der Waals surface area contributed by atoms with Crippen LogP contribution in [0.5, 0.6) is 0 Å². The maximum atomic E-state index is 8.53. The lowest BCUT2D eigenvalue weighted by Gasteiger charge is -2.27. The first-order valence-corrected chi connectivity index (χ1v) is 2.88. The van der Waals surface area contributed by atoms with Crippen molar-refractivity contribution in [2.24, 2.45) is 5.41 Å². The summed E-state index contributed by atoms with van der Waals surface area (Å²) in [6, 6.07) is 2.28. The number of ether oxygens (including phenoxy) is 1. The van der Waals surface area contributed by atoms with Crippen LogP contribution in [-0.2, 0) is 4.74 Å². The zero-order valence-corrected chi connectivity index (χ0v) is 4.55. The molecule has 2 heteroatoms. The van der Waals surface area contributed by atoms with E-state index in [1.54, 1.807) is 0 Å². The number of fused-ring (bicyclic) bond motifs is 1. The minimum Gasteiger partial charge on any atom is -0.376 e. The summed E-state index contributed by atoms with van der Waals surface area (Å²) in [6.45, 7) is 0.689. The zero-order valence-electron chi connectivity index (χ0n) is 4.55. The van der Waals surface area contributed by atoms with Gasteiger partial charge in [-0.05, 0) is 12.8 Å². The summed E-state index contributed by atoms with van der Waals surface area (Å²) in [5, 5.41) is 8.53. The van der Waals surface area contributed by atoms with Crippen LogP contribution in [-0.4, -0.2) is 12.7 Å². The highest BCUT2D eigenvalue weighted by molar-refractivity contribution is 5.13. The van der Waals surface area contributed by atoms with Gasteiger partial charge in [-0.2, -0.15) is 5.26 Å². The second-order valence-electron chi connectivity index (χ2n) is 2.73. The maximum absolute atomic E-state index is 8.53. The smallest absolute Gasteiger partial charge is 0.0856 e. The molecule has 8 heavy (non-hydrogen) atoms. The Hall–Kier alpha value is -0.550. The van der Waals surface area contributed by atoms with Gasteiger partial charge in [0.15, 0.2) is 0 Å². The van der Waals surface area contributed by atoms with E-state index in [9.17, 15) is 0 Å². The molecule has 2 heterocycles. The average molecular weight is 109 g/mol. The molecule has 2 aliphatic heterocycles. The van der Waals surface area contributed by atoms with Gasteiger partial charge >= 0.3 is 0 Å². The molecule has 0 radical (unpaired) electrons. The van der Waals surface area contributed by atoms with Crippen molar-refractivity contribution >= 4 is 0 Å². The van der Waals surface area contributed by atoms with Gasteiger partial charge in [0.2, 0.25) is 0 Å². The fourth-order valence-corrected chi connectivity index (χ4v) is 1.45. The molecule has 42 valence electrons. The number of nitrogens with zero attached hydrogens (tertiary/aromatic N) is 1. The summed E-state index contributed by atoms with van der Waals surface area (Å²) >= 11 is 0. The van der Waals surface area contributed by atoms with Crippen LogP contribution in [0.3, 0.4) is 0 Å². The molecule has 1 aliphatic carbocycles. The Morgan fingerprint density at radius 3 is 2.62 bits per heavy atom. The molecule has 0 amide bonds. The molecule has 2 bridgehead atoms. The first-order chi connectivity index (χ1) is 3.85. The van der Waals surface area contributed by atoms with Crippen molar-refractivity contribution in [1.82, 2.24) is 0 Å². The van der Waals surface area contributed by atoms with E-state index in [0.29, 0.717) is 12.7 Å². The molecule has 0 spiro atoms. The van der Waals surface area contributed by atoms with E-state index >= 15 is 0 Å². The predicted octanol–water partition coefficient (Wildman–Crippen LogP) is 0.689. The van der Waals surface area contributed by atoms with Crippen LogP contribution >= 0.6 is 0 Å². The minimum atomic E-state index is -0.0370. The number of hydrogen-bond donors (Lipinski definition) is 0. The van der Waals surface area contributed by atoms with Crippen LogP contribution in [0, 0.1) is 16.7 Å². The molecule has 0 aromatic heterocycles. The molecular formula is C6H7NO. The molecule has 3 aliphatic rings. The molecule has 3 fully saturated rings. The largest absolute Gasteiger partial charge is 0.376 e. The van der Waals surface area contributed by atoms with Crippen LogP contribution in [0.25, 0.3) is 0 Å². The third kappa shape index (κ3) is 0.317. The van der Waals surface area contributed by atoms with E-state index in [0.717, 1.165) is 12.8 Å². The molecule has 0 aromatic rings. The summed E-state index contributed by atoms with van der Waals surface area (Å²) in [7, 11) is 0. The lowest BCUT2D eigenvalue weighted by atomic mass is 9.72. The number of rotatable bonds is 0. The SMILES string of the molecule is N#CC12COC(C1)C2. The van der Waals surface area contributed by atoms with Gasteiger partial charge in [-0.3, -0.25) is 0 Å². The molecular weight excluding hydrogens is 102 g/mol. The Bertz CT molecular complexity index is 147. The van der Waals surface area contributed by atoms with Gasteiger partial charge in [-0.25, -0.2) is 0 Å². The van der Waals surface area contributed by atoms with E-state index in [2.05, 4.69) is 6.07 Å². The standard InChI is InChI=1S/C6H7NO/c7-3-6-1-5(2-6)8-4-6/h5H,1-2,4H2. The highest BCUT2D eigenvalue weighted by Gasteiger charge is 2.52. The molecule has 2 saturated heterocycles. The summed E-state index contributed by atoms with van der Waals surface area (Å²) in [5.41, 5.74) is -0.0370. The quantitative estimate of drug-likeness (QED) is 0.458. The third-order valence-corrected chi connectivity index (χ3v) is 2.07. The van der Waals surface area contributed by atoms with Crippen molar-refractivity contribution in [2.75, 3.05) is 6.61 Å². The van der Waals surface area contributed by atoms with E-state index in [1.807, 2.05) is 0 Å². The molecule has 0 aromatic carbocycles. The van der Waals surface area contributed by atoms with Gasteiger partial charge < -0.3 is 4.74 Å². The Morgan fingerprint density at radius 2 is 2.38 bits per heavy atom. The van der Waals surface area contributed by atoms with Gasteiger partial charge in [0, 0.05) is 0 Å². The van der Waals surface area contributed by atoms with Gasteiger partial charge in [0.25, 0.3) is 0 Å². The molecule has 0 N–H and O–H groups in total. The number of hydrogen-bond acceptors (Lipinski definition) is 2. The van der Waals surface area contributed by atoms with Crippen LogP contribution in [0.4, 0.5) is 0 Å². The van der Waals surface area contributed by atoms with E-state index in [-0.39, 0.29) is 5.41 Å². The van der Waals surface area contributed by atoms with Crippen molar-refractivity contribution in [1.29, 1.82) is 5.26 Å². The van der Waals surface area contributed by atoms with Crippen LogP contribution in [0.2, 0.25) is 0 Å². The Labute approximate surface area is 48.1 Å². The molecule has 1 saturated carbocycles. The highest BCUT2D eigenvalue weighted by Crippen LogP contribution is 2.49. The highest BCUT2D eigenvalue weighted by atomic mass is 16.5. The summed E-state index contributed by atoms with van der Waals surface area (Å²) in [5.74, 6) is 0. The monoisotopic (exact) mass is 109 g/mol. The summed E-state index contributed by atoms with van der Waals surface area (Å²) in [4.78, 5) is 0. The lowest BCUT2D eigenvalue weighted by molar-refractivity contribution is 0.121. The van der Waals surface area contributed by atoms with Crippen molar-refractivity contribution in [3.05, 3.63) is 0 Å². The van der Waals surface area contributed by atoms with E-state index in [1.165, 1.54) is 0 Å². The summed E-state index contributed by atoms with van der Waals surface area (Å²) < 4.78 is 5.20. The topological polar surface area (TPSA) is 33.0 Å².